The smallest absolute Gasteiger partial charge is 0.333 e. The molecule has 0 radical (unpaired) electrons. The zero-order valence-corrected chi connectivity index (χ0v) is 31.8. The zero-order valence-electron chi connectivity index (χ0n) is 31.8. The van der Waals surface area contributed by atoms with Crippen molar-refractivity contribution in [3.05, 3.63) is 126 Å². The standard InChI is InChI=1S/C48H45BN2O/c1-46(2,3)28-21-22-39-37(26-28)49-43-36(34-18-14-17-33-32-15-10-12-19-38(32)51(49)44(33)34)27-41-42(35-16-11-13-20-40(35)52-41)45(43)50(39)31-24-29(47(4,5)6)23-30(25-31)48(7,8)9/h10-27H,1-9H3. The van der Waals surface area contributed by atoms with Crippen molar-refractivity contribution < 1.29 is 4.42 Å². The first-order valence-corrected chi connectivity index (χ1v) is 18.8. The summed E-state index contributed by atoms with van der Waals surface area (Å²) in [5.74, 6) is 0. The molecule has 0 saturated heterocycles. The molecule has 4 heterocycles. The summed E-state index contributed by atoms with van der Waals surface area (Å²) in [5, 5.41) is 4.92. The van der Waals surface area contributed by atoms with Crippen LogP contribution in [0.15, 0.2) is 114 Å². The number of hydrogen-bond acceptors (Lipinski definition) is 2. The molecule has 0 fully saturated rings. The second-order valence-electron chi connectivity index (χ2n) is 18.3. The Hall–Kier alpha value is -5.22. The number of nitrogens with zero attached hydrogens (tertiary/aromatic N) is 2. The number of fused-ring (bicyclic) bond motifs is 11. The van der Waals surface area contributed by atoms with Crippen molar-refractivity contribution in [1.29, 1.82) is 0 Å². The second kappa shape index (κ2) is 10.2. The summed E-state index contributed by atoms with van der Waals surface area (Å²) < 4.78 is 9.48. The third kappa shape index (κ3) is 4.27. The number of anilines is 3. The van der Waals surface area contributed by atoms with Crippen LogP contribution in [0.4, 0.5) is 17.1 Å². The average Bonchev–Trinajstić information content (AvgIpc) is 3.64. The average molecular weight is 677 g/mol. The molecule has 0 atom stereocenters. The SMILES string of the molecule is CC(C)(C)c1cc(N2c3ccc(C(C)(C)C)cc3B3c4c(cc5oc6ccccc6c5c42)-c2cccc4c5ccccc5n3c24)cc(C(C)(C)C)c1. The minimum absolute atomic E-state index is 0.0140. The van der Waals surface area contributed by atoms with E-state index in [0.717, 1.165) is 16.6 Å². The Labute approximate surface area is 307 Å². The second-order valence-corrected chi connectivity index (χ2v) is 18.3. The Morgan fingerprint density at radius 2 is 1.19 bits per heavy atom. The Morgan fingerprint density at radius 3 is 1.90 bits per heavy atom. The number of benzene rings is 6. The maximum Gasteiger partial charge on any atom is 0.333 e. The minimum Gasteiger partial charge on any atom is -0.456 e. The highest BCUT2D eigenvalue weighted by molar-refractivity contribution is 6.90. The number of aromatic nitrogens is 1. The van der Waals surface area contributed by atoms with Gasteiger partial charge in [0.15, 0.2) is 0 Å². The lowest BCUT2D eigenvalue weighted by molar-refractivity contribution is 0.568. The van der Waals surface area contributed by atoms with Crippen molar-refractivity contribution in [2.45, 2.75) is 78.6 Å². The molecule has 0 aliphatic carbocycles. The fraction of sp³-hybridized carbons (Fsp3) is 0.250. The van der Waals surface area contributed by atoms with Gasteiger partial charge in [0.1, 0.15) is 11.2 Å². The van der Waals surface area contributed by atoms with Gasteiger partial charge in [0.2, 0.25) is 0 Å². The minimum atomic E-state index is -0.0321. The highest BCUT2D eigenvalue weighted by atomic mass is 16.3. The van der Waals surface area contributed by atoms with Gasteiger partial charge in [-0.05, 0) is 85.8 Å². The summed E-state index contributed by atoms with van der Waals surface area (Å²) in [5.41, 5.74) is 17.2. The van der Waals surface area contributed by atoms with Gasteiger partial charge < -0.3 is 13.8 Å². The van der Waals surface area contributed by atoms with E-state index in [1.165, 1.54) is 83.0 Å². The van der Waals surface area contributed by atoms with Crippen molar-refractivity contribution in [3.63, 3.8) is 0 Å². The van der Waals surface area contributed by atoms with E-state index in [4.69, 9.17) is 4.42 Å². The lowest BCUT2D eigenvalue weighted by Gasteiger charge is -2.42. The predicted molar refractivity (Wildman–Crippen MR) is 223 cm³/mol. The molecule has 2 aliphatic rings. The zero-order chi connectivity index (χ0) is 36.1. The summed E-state index contributed by atoms with van der Waals surface area (Å²) in [7, 11) is 0. The summed E-state index contributed by atoms with van der Waals surface area (Å²) in [6.07, 6.45) is 0. The Morgan fingerprint density at radius 1 is 0.538 bits per heavy atom. The molecule has 2 aromatic heterocycles. The normalized spacial score (nSPS) is 14.2. The van der Waals surface area contributed by atoms with Crippen LogP contribution in [0.25, 0.3) is 54.9 Å². The molecular formula is C48H45BN2O. The highest BCUT2D eigenvalue weighted by Gasteiger charge is 2.45. The molecule has 52 heavy (non-hydrogen) atoms. The molecule has 8 aromatic rings. The van der Waals surface area contributed by atoms with Gasteiger partial charge in [0.05, 0.1) is 11.1 Å². The summed E-state index contributed by atoms with van der Waals surface area (Å²) in [6, 6.07) is 41.4. The van der Waals surface area contributed by atoms with E-state index in [0.29, 0.717) is 0 Å². The van der Waals surface area contributed by atoms with Crippen LogP contribution in [-0.4, -0.2) is 11.3 Å². The van der Waals surface area contributed by atoms with E-state index >= 15 is 0 Å². The molecule has 0 saturated carbocycles. The van der Waals surface area contributed by atoms with Crippen LogP contribution >= 0.6 is 0 Å². The van der Waals surface area contributed by atoms with Crippen molar-refractivity contribution in [2.24, 2.45) is 0 Å². The fourth-order valence-electron chi connectivity index (χ4n) is 9.01. The summed E-state index contributed by atoms with van der Waals surface area (Å²) in [6.45, 7) is 21.0. The Balaban J connectivity index is 1.44. The molecular weight excluding hydrogens is 631 g/mol. The number of rotatable bonds is 1. The summed E-state index contributed by atoms with van der Waals surface area (Å²) in [4.78, 5) is 2.60. The molecule has 0 amide bonds. The molecule has 6 aromatic carbocycles. The number of hydrogen-bond donors (Lipinski definition) is 0. The van der Waals surface area contributed by atoms with Gasteiger partial charge in [-0.25, -0.2) is 0 Å². The monoisotopic (exact) mass is 676 g/mol. The summed E-state index contributed by atoms with van der Waals surface area (Å²) >= 11 is 0. The molecule has 256 valence electrons. The van der Waals surface area contributed by atoms with Gasteiger partial charge in [-0.2, -0.15) is 0 Å². The molecule has 0 N–H and O–H groups in total. The lowest BCUT2D eigenvalue weighted by Crippen LogP contribution is -2.57. The fourth-order valence-corrected chi connectivity index (χ4v) is 9.01. The van der Waals surface area contributed by atoms with Crippen molar-refractivity contribution in [3.8, 4) is 11.1 Å². The van der Waals surface area contributed by atoms with Crippen LogP contribution < -0.4 is 15.8 Å². The lowest BCUT2D eigenvalue weighted by atomic mass is 9.44. The van der Waals surface area contributed by atoms with Gasteiger partial charge in [0.25, 0.3) is 0 Å². The van der Waals surface area contributed by atoms with Crippen molar-refractivity contribution in [1.82, 2.24) is 4.48 Å². The number of furan rings is 1. The molecule has 0 unspecified atom stereocenters. The van der Waals surface area contributed by atoms with Crippen LogP contribution in [0.2, 0.25) is 0 Å². The predicted octanol–water partition coefficient (Wildman–Crippen LogP) is 12.0. The van der Waals surface area contributed by atoms with E-state index in [9.17, 15) is 0 Å². The molecule has 4 heteroatoms. The Bertz CT molecular complexity index is 2780. The maximum atomic E-state index is 6.82. The molecule has 3 nitrogen and oxygen atoms in total. The van der Waals surface area contributed by atoms with Gasteiger partial charge in [0, 0.05) is 44.1 Å². The molecule has 0 spiro atoms. The van der Waals surface area contributed by atoms with Crippen molar-refractivity contribution in [2.75, 3.05) is 4.90 Å². The van der Waals surface area contributed by atoms with Crippen LogP contribution in [0, 0.1) is 0 Å². The quantitative estimate of drug-likeness (QED) is 0.161. The van der Waals surface area contributed by atoms with Crippen LogP contribution in [0.3, 0.4) is 0 Å². The molecule has 2 aliphatic heterocycles. The van der Waals surface area contributed by atoms with Gasteiger partial charge in [-0.1, -0.05) is 135 Å². The van der Waals surface area contributed by atoms with E-state index < -0.39 is 0 Å². The highest BCUT2D eigenvalue weighted by Crippen LogP contribution is 2.50. The third-order valence-electron chi connectivity index (χ3n) is 11.8. The molecule has 0 bridgehead atoms. The number of para-hydroxylation sites is 3. The third-order valence-corrected chi connectivity index (χ3v) is 11.8. The first-order chi connectivity index (χ1) is 24.7. The van der Waals surface area contributed by atoms with Gasteiger partial charge in [-0.3, -0.25) is 0 Å². The van der Waals surface area contributed by atoms with Crippen LogP contribution in [0.5, 0.6) is 0 Å². The van der Waals surface area contributed by atoms with E-state index in [1.54, 1.807) is 0 Å². The van der Waals surface area contributed by atoms with E-state index in [-0.39, 0.29) is 23.1 Å². The topological polar surface area (TPSA) is 21.3 Å². The maximum absolute atomic E-state index is 6.82. The van der Waals surface area contributed by atoms with E-state index in [1.807, 2.05) is 0 Å². The van der Waals surface area contributed by atoms with Gasteiger partial charge in [-0.15, -0.1) is 0 Å². The largest absolute Gasteiger partial charge is 0.456 e. The first-order valence-electron chi connectivity index (χ1n) is 18.8. The first kappa shape index (κ1) is 31.5. The van der Waals surface area contributed by atoms with Gasteiger partial charge >= 0.3 is 6.85 Å². The van der Waals surface area contributed by atoms with Crippen molar-refractivity contribution >= 4 is 78.6 Å². The van der Waals surface area contributed by atoms with Crippen LogP contribution in [0.1, 0.15) is 79.0 Å². The molecule has 10 rings (SSSR count). The van der Waals surface area contributed by atoms with Crippen LogP contribution in [-0.2, 0) is 16.2 Å². The Kier molecular flexibility index (Phi) is 6.19. The van der Waals surface area contributed by atoms with E-state index in [2.05, 4.69) is 181 Å².